The van der Waals surface area contributed by atoms with E-state index in [-0.39, 0.29) is 11.9 Å². The molecule has 0 bridgehead atoms. The summed E-state index contributed by atoms with van der Waals surface area (Å²) in [6.07, 6.45) is 2.06. The first-order valence-corrected chi connectivity index (χ1v) is 11.7. The molecule has 1 aromatic heterocycles. The minimum absolute atomic E-state index is 0.0289. The number of piperazine rings is 1. The van der Waals surface area contributed by atoms with Crippen LogP contribution in [-0.2, 0) is 11.2 Å². The lowest BCUT2D eigenvalue weighted by atomic mass is 9.95. The third-order valence-electron chi connectivity index (χ3n) is 6.59. The minimum atomic E-state index is -0.0289. The Bertz CT molecular complexity index is 1050. The normalized spacial score (nSPS) is 16.5. The van der Waals surface area contributed by atoms with Gasteiger partial charge in [0, 0.05) is 43.7 Å². The van der Waals surface area contributed by atoms with Crippen LogP contribution in [0.2, 0.25) is 0 Å². The summed E-state index contributed by atoms with van der Waals surface area (Å²) in [5.41, 5.74) is 5.49. The topological polar surface area (TPSA) is 48.7 Å². The molecule has 0 saturated carbocycles. The second-order valence-corrected chi connectivity index (χ2v) is 9.43. The van der Waals surface area contributed by atoms with Gasteiger partial charge in [-0.3, -0.25) is 9.69 Å². The van der Waals surface area contributed by atoms with E-state index in [0.717, 1.165) is 54.8 Å². The highest BCUT2D eigenvalue weighted by Crippen LogP contribution is 2.29. The van der Waals surface area contributed by atoms with E-state index in [0.29, 0.717) is 12.3 Å². The van der Waals surface area contributed by atoms with Crippen LogP contribution in [0.25, 0.3) is 11.0 Å². The van der Waals surface area contributed by atoms with Crippen molar-refractivity contribution in [1.29, 1.82) is 0 Å². The third-order valence-corrected chi connectivity index (χ3v) is 6.59. The van der Waals surface area contributed by atoms with Gasteiger partial charge in [-0.15, -0.1) is 0 Å². The van der Waals surface area contributed by atoms with Crippen molar-refractivity contribution in [3.63, 3.8) is 0 Å². The van der Waals surface area contributed by atoms with E-state index in [1.165, 1.54) is 11.1 Å². The maximum Gasteiger partial charge on any atom is 0.225 e. The molecule has 1 aliphatic heterocycles. The highest BCUT2D eigenvalue weighted by Gasteiger charge is 2.22. The number of benzene rings is 2. The molecule has 5 nitrogen and oxygen atoms in total. The molecule has 3 aromatic rings. The molecule has 5 heteroatoms. The number of likely N-dealkylation sites (N-methyl/N-ethyl adjacent to an activating group) is 1. The Morgan fingerprint density at radius 1 is 1.09 bits per heavy atom. The van der Waals surface area contributed by atoms with Crippen LogP contribution in [0, 0.1) is 6.92 Å². The van der Waals surface area contributed by atoms with E-state index in [4.69, 9.17) is 4.42 Å². The molecule has 4 rings (SSSR count). The SMILES string of the molecule is Cc1cc2occ(CC(=O)NC(CN3CCN(C)CC3)c3ccccc3)c2cc1C(C)C. The molecule has 1 fully saturated rings. The van der Waals surface area contributed by atoms with E-state index in [9.17, 15) is 4.79 Å². The lowest BCUT2D eigenvalue weighted by Crippen LogP contribution is -2.48. The summed E-state index contributed by atoms with van der Waals surface area (Å²) < 4.78 is 5.79. The molecule has 32 heavy (non-hydrogen) atoms. The van der Waals surface area contributed by atoms with Gasteiger partial charge in [0.15, 0.2) is 0 Å². The Morgan fingerprint density at radius 2 is 1.81 bits per heavy atom. The monoisotopic (exact) mass is 433 g/mol. The summed E-state index contributed by atoms with van der Waals surface area (Å²) in [6.45, 7) is 11.5. The fraction of sp³-hybridized carbons (Fsp3) is 0.444. The van der Waals surface area contributed by atoms with E-state index < -0.39 is 0 Å². The zero-order chi connectivity index (χ0) is 22.7. The summed E-state index contributed by atoms with van der Waals surface area (Å²) in [7, 11) is 2.16. The van der Waals surface area contributed by atoms with E-state index in [1.54, 1.807) is 6.26 Å². The van der Waals surface area contributed by atoms with Crippen LogP contribution in [0.4, 0.5) is 0 Å². The number of nitrogens with one attached hydrogen (secondary N) is 1. The molecular formula is C27H35N3O2. The van der Waals surface area contributed by atoms with Gasteiger partial charge in [-0.1, -0.05) is 44.2 Å². The van der Waals surface area contributed by atoms with E-state index >= 15 is 0 Å². The number of fused-ring (bicyclic) bond motifs is 1. The van der Waals surface area contributed by atoms with Crippen LogP contribution in [0.15, 0.2) is 53.1 Å². The molecular weight excluding hydrogens is 398 g/mol. The maximum atomic E-state index is 13.1. The van der Waals surface area contributed by atoms with Crippen LogP contribution in [0.1, 0.15) is 48.1 Å². The number of rotatable bonds is 7. The Hall–Kier alpha value is -2.63. The summed E-state index contributed by atoms with van der Waals surface area (Å²) in [5, 5.41) is 4.35. The number of nitrogens with zero attached hydrogens (tertiary/aromatic N) is 2. The van der Waals surface area contributed by atoms with Crippen LogP contribution >= 0.6 is 0 Å². The molecule has 1 atom stereocenters. The number of furan rings is 1. The number of carbonyl (C=O) groups is 1. The van der Waals surface area contributed by atoms with Crippen molar-refractivity contribution in [2.75, 3.05) is 39.8 Å². The Kier molecular flexibility index (Phi) is 6.97. The largest absolute Gasteiger partial charge is 0.464 e. The lowest BCUT2D eigenvalue weighted by Gasteiger charge is -2.35. The van der Waals surface area contributed by atoms with Crippen molar-refractivity contribution < 1.29 is 9.21 Å². The highest BCUT2D eigenvalue weighted by atomic mass is 16.3. The fourth-order valence-electron chi connectivity index (χ4n) is 4.63. The van der Waals surface area contributed by atoms with Gasteiger partial charge in [0.1, 0.15) is 5.58 Å². The molecule has 1 amide bonds. The van der Waals surface area contributed by atoms with Crippen molar-refractivity contribution in [3.8, 4) is 0 Å². The first-order chi connectivity index (χ1) is 15.4. The van der Waals surface area contributed by atoms with Gasteiger partial charge in [0.2, 0.25) is 5.91 Å². The highest BCUT2D eigenvalue weighted by molar-refractivity contribution is 5.88. The van der Waals surface area contributed by atoms with Crippen molar-refractivity contribution >= 4 is 16.9 Å². The molecule has 2 aromatic carbocycles. The van der Waals surface area contributed by atoms with Crippen LogP contribution in [0.3, 0.4) is 0 Å². The first-order valence-electron chi connectivity index (χ1n) is 11.7. The second kappa shape index (κ2) is 9.88. The third kappa shape index (κ3) is 5.22. The second-order valence-electron chi connectivity index (χ2n) is 9.43. The quantitative estimate of drug-likeness (QED) is 0.596. The van der Waals surface area contributed by atoms with Gasteiger partial charge in [0.25, 0.3) is 0 Å². The number of hydrogen-bond donors (Lipinski definition) is 1. The molecule has 2 heterocycles. The van der Waals surface area contributed by atoms with Crippen LogP contribution in [-0.4, -0.2) is 55.5 Å². The van der Waals surface area contributed by atoms with Gasteiger partial charge in [-0.25, -0.2) is 0 Å². The van der Waals surface area contributed by atoms with E-state index in [2.05, 4.69) is 67.2 Å². The van der Waals surface area contributed by atoms with Crippen molar-refractivity contribution in [3.05, 3.63) is 71.0 Å². The number of aryl methyl sites for hydroxylation is 1. The minimum Gasteiger partial charge on any atom is -0.464 e. The van der Waals surface area contributed by atoms with Crippen LogP contribution < -0.4 is 5.32 Å². The molecule has 1 saturated heterocycles. The van der Waals surface area contributed by atoms with Crippen molar-refractivity contribution in [1.82, 2.24) is 15.1 Å². The summed E-state index contributed by atoms with van der Waals surface area (Å²) >= 11 is 0. The molecule has 1 aliphatic rings. The summed E-state index contributed by atoms with van der Waals surface area (Å²) in [5.74, 6) is 0.462. The smallest absolute Gasteiger partial charge is 0.225 e. The van der Waals surface area contributed by atoms with Crippen molar-refractivity contribution in [2.45, 2.75) is 39.2 Å². The molecule has 0 aliphatic carbocycles. The van der Waals surface area contributed by atoms with Gasteiger partial charge >= 0.3 is 0 Å². The van der Waals surface area contributed by atoms with Gasteiger partial charge < -0.3 is 14.6 Å². The average molecular weight is 434 g/mol. The van der Waals surface area contributed by atoms with Gasteiger partial charge in [-0.05, 0) is 48.7 Å². The molecule has 1 N–H and O–H groups in total. The van der Waals surface area contributed by atoms with Crippen molar-refractivity contribution in [2.24, 2.45) is 0 Å². The summed E-state index contributed by atoms with van der Waals surface area (Å²) in [4.78, 5) is 17.9. The first kappa shape index (κ1) is 22.6. The Balaban J connectivity index is 1.50. The lowest BCUT2D eigenvalue weighted by molar-refractivity contribution is -0.121. The predicted octanol–water partition coefficient (Wildman–Crippen LogP) is 4.51. The van der Waals surface area contributed by atoms with E-state index in [1.807, 2.05) is 18.2 Å². The average Bonchev–Trinajstić information content (AvgIpc) is 3.15. The molecule has 170 valence electrons. The number of amides is 1. The molecule has 0 radical (unpaired) electrons. The number of carbonyl (C=O) groups excluding carboxylic acids is 1. The Morgan fingerprint density at radius 3 is 2.50 bits per heavy atom. The maximum absolute atomic E-state index is 13.1. The van der Waals surface area contributed by atoms with Crippen LogP contribution in [0.5, 0.6) is 0 Å². The number of hydrogen-bond acceptors (Lipinski definition) is 4. The predicted molar refractivity (Wildman–Crippen MR) is 130 cm³/mol. The van der Waals surface area contributed by atoms with Gasteiger partial charge in [0.05, 0.1) is 18.7 Å². The Labute approximate surface area is 191 Å². The fourth-order valence-corrected chi connectivity index (χ4v) is 4.63. The van der Waals surface area contributed by atoms with Gasteiger partial charge in [-0.2, -0.15) is 0 Å². The zero-order valence-corrected chi connectivity index (χ0v) is 19.7. The zero-order valence-electron chi connectivity index (χ0n) is 19.7. The summed E-state index contributed by atoms with van der Waals surface area (Å²) in [6, 6.07) is 14.6. The standard InChI is InChI=1S/C27H35N3O2/c1-19(2)23-16-24-22(18-32-26(24)14-20(23)3)15-27(31)28-25(21-8-6-5-7-9-21)17-30-12-10-29(4)11-13-30/h5-9,14,16,18-19,25H,10-13,15,17H2,1-4H3,(H,28,31). The molecule has 0 spiro atoms. The molecule has 1 unspecified atom stereocenters.